The van der Waals surface area contributed by atoms with E-state index < -0.39 is 30.0 Å². The molecule has 0 spiro atoms. The number of amides is 1. The molecular weight excluding hydrogens is 323 g/mol. The lowest BCUT2D eigenvalue weighted by atomic mass is 9.90. The molecular formula is C16H24F3N3O2. The molecule has 8 heteroatoms. The predicted molar refractivity (Wildman–Crippen MR) is 83.6 cm³/mol. The minimum absolute atomic E-state index is 0.110. The van der Waals surface area contributed by atoms with Gasteiger partial charge in [0, 0.05) is 16.7 Å². The van der Waals surface area contributed by atoms with Crippen molar-refractivity contribution >= 4 is 11.7 Å². The Morgan fingerprint density at radius 3 is 2.21 bits per heavy atom. The van der Waals surface area contributed by atoms with Crippen LogP contribution in [0.25, 0.3) is 0 Å². The summed E-state index contributed by atoms with van der Waals surface area (Å²) in [6.45, 7) is 8.61. The second-order valence-corrected chi connectivity index (χ2v) is 6.97. The molecule has 1 aromatic heterocycles. The number of carbonyl (C=O) groups excluding carboxylic acids is 2. The average Bonchev–Trinajstić information content (AvgIpc) is 2.66. The summed E-state index contributed by atoms with van der Waals surface area (Å²) in [5.41, 5.74) is 0.566. The first kappa shape index (κ1) is 20.2. The van der Waals surface area contributed by atoms with Crippen LogP contribution in [0.2, 0.25) is 0 Å². The fourth-order valence-corrected chi connectivity index (χ4v) is 2.38. The highest BCUT2D eigenvalue weighted by Gasteiger charge is 2.32. The zero-order valence-corrected chi connectivity index (χ0v) is 14.8. The molecule has 1 amide bonds. The number of aryl methyl sites for hydroxylation is 1. The van der Waals surface area contributed by atoms with Crippen LogP contribution in [0.1, 0.15) is 50.6 Å². The number of hydrogen-bond donors (Lipinski definition) is 1. The van der Waals surface area contributed by atoms with Crippen molar-refractivity contribution in [3.8, 4) is 0 Å². The minimum atomic E-state index is -4.38. The molecule has 0 saturated heterocycles. The number of aromatic nitrogens is 2. The van der Waals surface area contributed by atoms with Gasteiger partial charge >= 0.3 is 6.18 Å². The van der Waals surface area contributed by atoms with E-state index in [1.165, 1.54) is 6.92 Å². The van der Waals surface area contributed by atoms with Gasteiger partial charge in [-0.3, -0.25) is 14.3 Å². The van der Waals surface area contributed by atoms with Crippen molar-refractivity contribution in [1.29, 1.82) is 0 Å². The molecule has 136 valence electrons. The van der Waals surface area contributed by atoms with Gasteiger partial charge in [0.15, 0.2) is 5.78 Å². The second-order valence-electron chi connectivity index (χ2n) is 6.97. The van der Waals surface area contributed by atoms with E-state index in [2.05, 4.69) is 10.4 Å². The zero-order valence-electron chi connectivity index (χ0n) is 14.8. The molecule has 0 aliphatic carbocycles. The van der Waals surface area contributed by atoms with E-state index in [-0.39, 0.29) is 12.3 Å². The van der Waals surface area contributed by atoms with Gasteiger partial charge in [-0.25, -0.2) is 0 Å². The molecule has 0 aromatic carbocycles. The van der Waals surface area contributed by atoms with E-state index in [0.717, 1.165) is 4.68 Å². The highest BCUT2D eigenvalue weighted by molar-refractivity contribution is 5.91. The molecule has 5 nitrogen and oxygen atoms in total. The first-order valence-corrected chi connectivity index (χ1v) is 7.65. The lowest BCUT2D eigenvalue weighted by molar-refractivity contribution is -0.143. The Kier molecular flexibility index (Phi) is 5.84. The zero-order chi connectivity index (χ0) is 18.9. The second kappa shape index (κ2) is 6.94. The van der Waals surface area contributed by atoms with Gasteiger partial charge in [-0.05, 0) is 20.8 Å². The van der Waals surface area contributed by atoms with Crippen LogP contribution in [0.4, 0.5) is 13.2 Å². The van der Waals surface area contributed by atoms with E-state index >= 15 is 0 Å². The number of alkyl halides is 3. The molecule has 1 heterocycles. The summed E-state index contributed by atoms with van der Waals surface area (Å²) in [7, 11) is 0. The van der Waals surface area contributed by atoms with Crippen LogP contribution in [-0.4, -0.2) is 34.2 Å². The van der Waals surface area contributed by atoms with Gasteiger partial charge in [-0.15, -0.1) is 0 Å². The summed E-state index contributed by atoms with van der Waals surface area (Å²) in [6, 6.07) is 0. The maximum atomic E-state index is 12.6. The van der Waals surface area contributed by atoms with Crippen LogP contribution >= 0.6 is 0 Å². The topological polar surface area (TPSA) is 64.0 Å². The summed E-state index contributed by atoms with van der Waals surface area (Å²) in [6.07, 6.45) is -4.38. The fourth-order valence-electron chi connectivity index (χ4n) is 2.38. The predicted octanol–water partition coefficient (Wildman–Crippen LogP) is 2.90. The molecule has 0 aliphatic heterocycles. The lowest BCUT2D eigenvalue weighted by Gasteiger charge is -2.18. The Labute approximate surface area is 139 Å². The summed E-state index contributed by atoms with van der Waals surface area (Å²) in [5.74, 6) is -1.23. The SMILES string of the molecule is Cc1nn(CC(F)(F)F)c(C)c1C(C)C(=O)NCC(=O)C(C)(C)C. The molecule has 1 aromatic rings. The first-order chi connectivity index (χ1) is 10.7. The number of rotatable bonds is 5. The van der Waals surface area contributed by atoms with Crippen molar-refractivity contribution in [2.75, 3.05) is 6.54 Å². The largest absolute Gasteiger partial charge is 0.408 e. The fraction of sp³-hybridized carbons (Fsp3) is 0.688. The van der Waals surface area contributed by atoms with Crippen LogP contribution < -0.4 is 5.32 Å². The van der Waals surface area contributed by atoms with E-state index in [9.17, 15) is 22.8 Å². The third-order valence-corrected chi connectivity index (χ3v) is 3.85. The molecule has 1 rings (SSSR count). The Hall–Kier alpha value is -1.86. The molecule has 24 heavy (non-hydrogen) atoms. The van der Waals surface area contributed by atoms with Gasteiger partial charge in [0.05, 0.1) is 18.2 Å². The highest BCUT2D eigenvalue weighted by atomic mass is 19.4. The number of carbonyl (C=O) groups is 2. The Bertz CT molecular complexity index is 628. The summed E-state index contributed by atoms with van der Waals surface area (Å²) in [5, 5.41) is 6.43. The van der Waals surface area contributed by atoms with Crippen LogP contribution in [0.15, 0.2) is 0 Å². The van der Waals surface area contributed by atoms with Crippen molar-refractivity contribution in [1.82, 2.24) is 15.1 Å². The molecule has 0 aliphatic rings. The Morgan fingerprint density at radius 1 is 1.21 bits per heavy atom. The average molecular weight is 347 g/mol. The van der Waals surface area contributed by atoms with Gasteiger partial charge in [0.25, 0.3) is 0 Å². The third kappa shape index (κ3) is 5.07. The van der Waals surface area contributed by atoms with Crippen LogP contribution in [0, 0.1) is 19.3 Å². The van der Waals surface area contributed by atoms with E-state index in [0.29, 0.717) is 17.0 Å². The number of hydrogen-bond acceptors (Lipinski definition) is 3. The Balaban J connectivity index is 2.89. The van der Waals surface area contributed by atoms with Crippen molar-refractivity contribution in [2.45, 2.75) is 60.2 Å². The van der Waals surface area contributed by atoms with Gasteiger partial charge in [0.2, 0.25) is 5.91 Å². The maximum absolute atomic E-state index is 12.6. The monoisotopic (exact) mass is 347 g/mol. The van der Waals surface area contributed by atoms with Crippen LogP contribution in [-0.2, 0) is 16.1 Å². The summed E-state index contributed by atoms with van der Waals surface area (Å²) in [4.78, 5) is 24.1. The molecule has 1 unspecified atom stereocenters. The summed E-state index contributed by atoms with van der Waals surface area (Å²) >= 11 is 0. The van der Waals surface area contributed by atoms with Crippen molar-refractivity contribution < 1.29 is 22.8 Å². The van der Waals surface area contributed by atoms with E-state index in [1.807, 2.05) is 0 Å². The highest BCUT2D eigenvalue weighted by Crippen LogP contribution is 2.26. The number of nitrogens with zero attached hydrogens (tertiary/aromatic N) is 2. The standard InChI is InChI=1S/C16H24F3N3O2/c1-9(14(24)20-7-12(23)15(4,5)6)13-10(2)21-22(11(13)3)8-16(17,18)19/h9H,7-8H2,1-6H3,(H,20,24). The van der Waals surface area contributed by atoms with Crippen LogP contribution in [0.3, 0.4) is 0 Å². The number of Topliss-reactive ketones (excluding diaryl/α,β-unsaturated/α-hetero) is 1. The van der Waals surface area contributed by atoms with Gasteiger partial charge in [-0.2, -0.15) is 18.3 Å². The minimum Gasteiger partial charge on any atom is -0.348 e. The van der Waals surface area contributed by atoms with Gasteiger partial charge in [0.1, 0.15) is 6.54 Å². The molecule has 0 saturated carbocycles. The van der Waals surface area contributed by atoms with Crippen molar-refractivity contribution in [3.05, 3.63) is 17.0 Å². The van der Waals surface area contributed by atoms with Crippen molar-refractivity contribution in [2.24, 2.45) is 5.41 Å². The quantitative estimate of drug-likeness (QED) is 0.891. The van der Waals surface area contributed by atoms with E-state index in [4.69, 9.17) is 0 Å². The smallest absolute Gasteiger partial charge is 0.348 e. The number of halogens is 3. The Morgan fingerprint density at radius 2 is 1.75 bits per heavy atom. The van der Waals surface area contributed by atoms with Gasteiger partial charge in [-0.1, -0.05) is 20.8 Å². The van der Waals surface area contributed by atoms with Crippen molar-refractivity contribution in [3.63, 3.8) is 0 Å². The van der Waals surface area contributed by atoms with E-state index in [1.54, 1.807) is 34.6 Å². The van der Waals surface area contributed by atoms with Gasteiger partial charge < -0.3 is 5.32 Å². The molecule has 0 fully saturated rings. The number of nitrogens with one attached hydrogen (secondary N) is 1. The molecule has 0 radical (unpaired) electrons. The molecule has 0 bridgehead atoms. The maximum Gasteiger partial charge on any atom is 0.408 e. The molecule has 1 N–H and O–H groups in total. The lowest BCUT2D eigenvalue weighted by Crippen LogP contribution is -2.37. The third-order valence-electron chi connectivity index (χ3n) is 3.85. The first-order valence-electron chi connectivity index (χ1n) is 7.65. The normalized spacial score (nSPS) is 13.7. The van der Waals surface area contributed by atoms with Crippen LogP contribution in [0.5, 0.6) is 0 Å². The molecule has 1 atom stereocenters. The number of ketones is 1. The summed E-state index contributed by atoms with van der Waals surface area (Å²) < 4.78 is 38.6.